The van der Waals surface area contributed by atoms with Gasteiger partial charge in [0, 0.05) is 12.5 Å². The van der Waals surface area contributed by atoms with Crippen molar-refractivity contribution in [1.82, 2.24) is 0 Å². The summed E-state index contributed by atoms with van der Waals surface area (Å²) < 4.78 is 0. The van der Waals surface area contributed by atoms with Crippen molar-refractivity contribution < 1.29 is 15.0 Å². The van der Waals surface area contributed by atoms with E-state index in [9.17, 15) is 5.11 Å². The number of aliphatic hydroxyl groups is 1. The first-order valence-corrected chi connectivity index (χ1v) is 8.80. The Morgan fingerprint density at radius 3 is 2.86 bits per heavy atom. The molecule has 2 aliphatic rings. The van der Waals surface area contributed by atoms with Gasteiger partial charge in [0.15, 0.2) is 12.4 Å². The minimum absolute atomic E-state index is 0.543. The number of nitrogens with one attached hydrogen (secondary N) is 2. The molecule has 0 bridgehead atoms. The lowest BCUT2D eigenvalue weighted by atomic mass is 9.85. The first kappa shape index (κ1) is 15.5. The lowest BCUT2D eigenvalue weighted by Crippen LogP contribution is -3.13. The molecule has 2 atom stereocenters. The van der Waals surface area contributed by atoms with Gasteiger partial charge in [-0.1, -0.05) is 12.3 Å². The molecule has 1 saturated carbocycles. The summed E-state index contributed by atoms with van der Waals surface area (Å²) in [5.74, 6) is 6.51. The molecular weight excluding hydrogens is 272 g/mol. The van der Waals surface area contributed by atoms with Crippen LogP contribution >= 0.6 is 0 Å². The lowest BCUT2D eigenvalue weighted by Gasteiger charge is -2.31. The van der Waals surface area contributed by atoms with E-state index in [4.69, 9.17) is 0 Å². The fraction of sp³-hybridized carbons (Fsp3) is 0.632. The van der Waals surface area contributed by atoms with Gasteiger partial charge in [0.2, 0.25) is 0 Å². The molecule has 118 valence electrons. The molecular formula is C19H28N2O+2. The van der Waals surface area contributed by atoms with Gasteiger partial charge in [-0.3, -0.25) is 0 Å². The zero-order chi connectivity index (χ0) is 15.3. The summed E-state index contributed by atoms with van der Waals surface area (Å²) in [6, 6.07) is 4.84. The highest BCUT2D eigenvalue weighted by atomic mass is 16.3. The van der Waals surface area contributed by atoms with Crippen molar-refractivity contribution in [1.29, 1.82) is 0 Å². The highest BCUT2D eigenvalue weighted by Crippen LogP contribution is 2.27. The van der Waals surface area contributed by atoms with Crippen LogP contribution in [0.25, 0.3) is 0 Å². The zero-order valence-corrected chi connectivity index (χ0v) is 13.4. The second-order valence-electron chi connectivity index (χ2n) is 6.86. The Morgan fingerprint density at radius 2 is 2.09 bits per heavy atom. The molecule has 3 heteroatoms. The SMILES string of the molecule is OC1(C#CC[NH+]2CCCCC2c2ccc[nH+]c2)CCCCC1. The summed E-state index contributed by atoms with van der Waals surface area (Å²) in [7, 11) is 0. The maximum Gasteiger partial charge on any atom is 0.176 e. The fourth-order valence-electron chi connectivity index (χ4n) is 3.90. The van der Waals surface area contributed by atoms with Crippen LogP contribution in [0.1, 0.15) is 63.0 Å². The van der Waals surface area contributed by atoms with Crippen LogP contribution in [0.4, 0.5) is 0 Å². The summed E-state index contributed by atoms with van der Waals surface area (Å²) in [5, 5.41) is 10.5. The largest absolute Gasteiger partial charge is 0.378 e. The van der Waals surface area contributed by atoms with E-state index in [1.54, 1.807) is 4.90 Å². The molecule has 1 aliphatic carbocycles. The molecule has 3 nitrogen and oxygen atoms in total. The molecule has 1 saturated heterocycles. The van der Waals surface area contributed by atoms with Gasteiger partial charge >= 0.3 is 0 Å². The first-order chi connectivity index (χ1) is 10.8. The van der Waals surface area contributed by atoms with Crippen molar-refractivity contribution in [2.24, 2.45) is 0 Å². The van der Waals surface area contributed by atoms with E-state index in [0.717, 1.165) is 32.2 Å². The van der Waals surface area contributed by atoms with E-state index in [-0.39, 0.29) is 0 Å². The van der Waals surface area contributed by atoms with Gasteiger partial charge in [0.05, 0.1) is 12.1 Å². The van der Waals surface area contributed by atoms with Gasteiger partial charge < -0.3 is 10.0 Å². The van der Waals surface area contributed by atoms with Gasteiger partial charge in [-0.25, -0.2) is 4.98 Å². The second kappa shape index (κ2) is 7.26. The molecule has 2 fully saturated rings. The Balaban J connectivity index is 1.65. The van der Waals surface area contributed by atoms with E-state index in [2.05, 4.69) is 35.2 Å². The zero-order valence-electron chi connectivity index (χ0n) is 13.4. The van der Waals surface area contributed by atoms with Crippen molar-refractivity contribution in [3.63, 3.8) is 0 Å². The van der Waals surface area contributed by atoms with Gasteiger partial charge in [-0.15, -0.1) is 0 Å². The quantitative estimate of drug-likeness (QED) is 0.794. The molecule has 3 rings (SSSR count). The Hall–Kier alpha value is -1.37. The second-order valence-corrected chi connectivity index (χ2v) is 6.86. The number of rotatable bonds is 2. The third-order valence-electron chi connectivity index (χ3n) is 5.18. The van der Waals surface area contributed by atoms with E-state index in [1.807, 2.05) is 6.20 Å². The summed E-state index contributed by atoms with van der Waals surface area (Å²) in [5.41, 5.74) is 0.680. The van der Waals surface area contributed by atoms with E-state index >= 15 is 0 Å². The predicted molar refractivity (Wildman–Crippen MR) is 86.1 cm³/mol. The minimum Gasteiger partial charge on any atom is -0.378 e. The summed E-state index contributed by atoms with van der Waals surface area (Å²) in [6.07, 6.45) is 13.1. The topological polar surface area (TPSA) is 38.8 Å². The molecule has 1 aliphatic heterocycles. The number of hydrogen-bond acceptors (Lipinski definition) is 1. The van der Waals surface area contributed by atoms with Crippen LogP contribution in [-0.4, -0.2) is 23.8 Å². The summed E-state index contributed by atoms with van der Waals surface area (Å²) in [6.45, 7) is 2.04. The van der Waals surface area contributed by atoms with Crippen molar-refractivity contribution >= 4 is 0 Å². The van der Waals surface area contributed by atoms with Crippen LogP contribution < -0.4 is 9.88 Å². The average Bonchev–Trinajstić information content (AvgIpc) is 2.57. The number of likely N-dealkylation sites (tertiary alicyclic amines) is 1. The molecule has 0 radical (unpaired) electrons. The molecule has 22 heavy (non-hydrogen) atoms. The van der Waals surface area contributed by atoms with Crippen LogP contribution in [0.2, 0.25) is 0 Å². The Morgan fingerprint density at radius 1 is 1.23 bits per heavy atom. The minimum atomic E-state index is -0.705. The van der Waals surface area contributed by atoms with Crippen LogP contribution in [0.5, 0.6) is 0 Å². The number of aromatic nitrogens is 1. The number of quaternary nitrogens is 1. The normalized spacial score (nSPS) is 27.7. The molecule has 2 unspecified atom stereocenters. The van der Waals surface area contributed by atoms with Crippen molar-refractivity contribution in [2.75, 3.05) is 13.1 Å². The number of pyridine rings is 1. The number of hydrogen-bond donors (Lipinski definition) is 2. The summed E-state index contributed by atoms with van der Waals surface area (Å²) in [4.78, 5) is 4.76. The fourth-order valence-corrected chi connectivity index (χ4v) is 3.90. The number of aromatic amines is 1. The standard InChI is InChI=1S/C19H26N2O/c22-19(10-3-1-4-11-19)12-7-15-21-14-5-2-9-18(21)17-8-6-13-20-16-17/h6,8,13,16,18,22H,1-5,9-11,14-15H2/p+2. The lowest BCUT2D eigenvalue weighted by molar-refractivity contribution is -0.930. The number of piperidine rings is 1. The third kappa shape index (κ3) is 3.88. The van der Waals surface area contributed by atoms with Crippen LogP contribution in [-0.2, 0) is 0 Å². The highest BCUT2D eigenvalue weighted by Gasteiger charge is 2.29. The average molecular weight is 300 g/mol. The maximum absolute atomic E-state index is 10.5. The molecule has 0 spiro atoms. The summed E-state index contributed by atoms with van der Waals surface area (Å²) >= 11 is 0. The smallest absolute Gasteiger partial charge is 0.176 e. The molecule has 1 aromatic rings. The van der Waals surface area contributed by atoms with E-state index in [0.29, 0.717) is 6.04 Å². The van der Waals surface area contributed by atoms with Gasteiger partial charge in [0.1, 0.15) is 18.2 Å². The van der Waals surface area contributed by atoms with Gasteiger partial charge in [-0.2, -0.15) is 0 Å². The monoisotopic (exact) mass is 300 g/mol. The van der Waals surface area contributed by atoms with Crippen molar-refractivity contribution in [3.8, 4) is 11.8 Å². The highest BCUT2D eigenvalue weighted by molar-refractivity contribution is 5.15. The first-order valence-electron chi connectivity index (χ1n) is 8.80. The molecule has 3 N–H and O–H groups in total. The Bertz CT molecular complexity index is 525. The number of H-pyrrole nitrogens is 1. The molecule has 2 heterocycles. The molecule has 0 amide bonds. The van der Waals surface area contributed by atoms with E-state index < -0.39 is 5.60 Å². The maximum atomic E-state index is 10.5. The third-order valence-corrected chi connectivity index (χ3v) is 5.18. The van der Waals surface area contributed by atoms with E-state index in [1.165, 1.54) is 37.8 Å². The van der Waals surface area contributed by atoms with Gasteiger partial charge in [0.25, 0.3) is 0 Å². The molecule has 1 aromatic heterocycles. The van der Waals surface area contributed by atoms with Crippen LogP contribution in [0.3, 0.4) is 0 Å². The van der Waals surface area contributed by atoms with Crippen LogP contribution in [0.15, 0.2) is 24.5 Å². The van der Waals surface area contributed by atoms with Crippen LogP contribution in [0, 0.1) is 11.8 Å². The van der Waals surface area contributed by atoms with Gasteiger partial charge in [-0.05, 0) is 50.5 Å². The molecule has 0 aromatic carbocycles. The van der Waals surface area contributed by atoms with Crippen molar-refractivity contribution in [2.45, 2.75) is 63.0 Å². The predicted octanol–water partition coefficient (Wildman–Crippen LogP) is 1.31. The Kier molecular flexibility index (Phi) is 5.12. The van der Waals surface area contributed by atoms with Crippen molar-refractivity contribution in [3.05, 3.63) is 30.1 Å². The Labute approximate surface area is 133 Å².